The molecule has 1 aliphatic carbocycles. The minimum atomic E-state index is -0.906. The van der Waals surface area contributed by atoms with Crippen molar-refractivity contribution in [1.29, 1.82) is 0 Å². The first-order valence-electron chi connectivity index (χ1n) is 10.9. The molecule has 0 aliphatic heterocycles. The zero-order chi connectivity index (χ0) is 24.4. The number of hydrogen-bond donors (Lipinski definition) is 3. The molecule has 35 heavy (non-hydrogen) atoms. The number of nitrogens with one attached hydrogen (secondary N) is 2. The summed E-state index contributed by atoms with van der Waals surface area (Å²) in [5.41, 5.74) is 3.80. The zero-order valence-corrected chi connectivity index (χ0v) is 18.4. The van der Waals surface area contributed by atoms with Gasteiger partial charge in [-0.25, -0.2) is 9.59 Å². The van der Waals surface area contributed by atoms with Crippen LogP contribution in [0.4, 0.5) is 4.79 Å². The second-order valence-electron chi connectivity index (χ2n) is 7.94. The molecule has 4 aromatic carbocycles. The van der Waals surface area contributed by atoms with Crippen molar-refractivity contribution in [3.63, 3.8) is 0 Å². The molecule has 0 atom stereocenters. The monoisotopic (exact) mass is 464 g/mol. The molecule has 0 saturated carbocycles. The van der Waals surface area contributed by atoms with Crippen LogP contribution in [0.25, 0.3) is 11.1 Å². The van der Waals surface area contributed by atoms with E-state index in [9.17, 15) is 19.5 Å². The molecule has 0 heterocycles. The van der Waals surface area contributed by atoms with Gasteiger partial charge in [-0.3, -0.25) is 10.1 Å². The van der Waals surface area contributed by atoms with Crippen molar-refractivity contribution >= 4 is 17.9 Å². The predicted octanol–water partition coefficient (Wildman–Crippen LogP) is 4.82. The Morgan fingerprint density at radius 2 is 1.31 bits per heavy atom. The quantitative estimate of drug-likeness (QED) is 0.297. The standard InChI is InChI=1S/C28H20N2O5/c31-22-15-8-16-23(35-27(33)17-9-2-1-3-10-17)24(22)26(32)30-28(34)29-25-20-13-6-4-11-18(20)19-12-5-7-14-21(19)25/h1-16,25,31H,(H2,29,30,32,34). The summed E-state index contributed by atoms with van der Waals surface area (Å²) >= 11 is 0. The summed E-state index contributed by atoms with van der Waals surface area (Å²) in [5, 5.41) is 15.4. The topological polar surface area (TPSA) is 105 Å². The molecule has 1 aliphatic rings. The predicted molar refractivity (Wildman–Crippen MR) is 129 cm³/mol. The van der Waals surface area contributed by atoms with Gasteiger partial charge in [-0.05, 0) is 46.5 Å². The van der Waals surface area contributed by atoms with Gasteiger partial charge in [0.15, 0.2) is 0 Å². The molecule has 7 heteroatoms. The number of amides is 3. The van der Waals surface area contributed by atoms with E-state index in [1.807, 2.05) is 48.5 Å². The number of fused-ring (bicyclic) bond motifs is 3. The molecular formula is C28H20N2O5. The maximum Gasteiger partial charge on any atom is 0.343 e. The number of rotatable bonds is 4. The van der Waals surface area contributed by atoms with Crippen molar-refractivity contribution in [3.8, 4) is 22.6 Å². The van der Waals surface area contributed by atoms with Crippen LogP contribution >= 0.6 is 0 Å². The Kier molecular flexibility index (Phi) is 5.73. The Balaban J connectivity index is 1.35. The number of phenols is 1. The number of carbonyl (C=O) groups is 3. The van der Waals surface area contributed by atoms with Gasteiger partial charge in [0, 0.05) is 0 Å². The minimum Gasteiger partial charge on any atom is -0.507 e. The number of ether oxygens (including phenoxy) is 1. The summed E-state index contributed by atoms with van der Waals surface area (Å²) < 4.78 is 5.35. The second-order valence-corrected chi connectivity index (χ2v) is 7.94. The highest BCUT2D eigenvalue weighted by atomic mass is 16.5. The third kappa shape index (κ3) is 4.22. The molecule has 4 aromatic rings. The van der Waals surface area contributed by atoms with Crippen LogP contribution in [0.15, 0.2) is 97.1 Å². The molecule has 7 nitrogen and oxygen atoms in total. The van der Waals surface area contributed by atoms with E-state index in [0.29, 0.717) is 0 Å². The number of urea groups is 1. The second kappa shape index (κ2) is 9.15. The number of esters is 1. The first-order chi connectivity index (χ1) is 17.0. The summed E-state index contributed by atoms with van der Waals surface area (Å²) in [6.07, 6.45) is 0. The first kappa shape index (κ1) is 21.9. The van der Waals surface area contributed by atoms with Crippen molar-refractivity contribution in [2.45, 2.75) is 6.04 Å². The maximum absolute atomic E-state index is 13.0. The van der Waals surface area contributed by atoms with E-state index in [2.05, 4.69) is 10.6 Å². The number of phenolic OH excluding ortho intramolecular Hbond substituents is 1. The van der Waals surface area contributed by atoms with Crippen LogP contribution < -0.4 is 15.4 Å². The van der Waals surface area contributed by atoms with Crippen LogP contribution in [0.5, 0.6) is 11.5 Å². The number of hydrogen-bond acceptors (Lipinski definition) is 5. The fourth-order valence-corrected chi connectivity index (χ4v) is 4.21. The number of aromatic hydroxyl groups is 1. The van der Waals surface area contributed by atoms with E-state index in [4.69, 9.17) is 4.74 Å². The van der Waals surface area contributed by atoms with Gasteiger partial charge in [-0.15, -0.1) is 0 Å². The molecule has 0 fully saturated rings. The lowest BCUT2D eigenvalue weighted by atomic mass is 10.1. The molecule has 5 rings (SSSR count). The van der Waals surface area contributed by atoms with Crippen molar-refractivity contribution in [2.75, 3.05) is 0 Å². The normalized spacial score (nSPS) is 11.8. The van der Waals surface area contributed by atoms with E-state index in [1.54, 1.807) is 30.3 Å². The Morgan fingerprint density at radius 3 is 1.97 bits per heavy atom. The molecular weight excluding hydrogens is 444 g/mol. The Bertz CT molecular complexity index is 1400. The minimum absolute atomic E-state index is 0.166. The van der Waals surface area contributed by atoms with Crippen molar-refractivity contribution in [3.05, 3.63) is 119 Å². The lowest BCUT2D eigenvalue weighted by Gasteiger charge is -2.17. The molecule has 0 unspecified atom stereocenters. The molecule has 0 bridgehead atoms. The lowest BCUT2D eigenvalue weighted by Crippen LogP contribution is -2.41. The number of carbonyl (C=O) groups excluding carboxylic acids is 3. The Labute approximate surface area is 201 Å². The van der Waals surface area contributed by atoms with E-state index < -0.39 is 29.7 Å². The highest BCUT2D eigenvalue weighted by Gasteiger charge is 2.30. The summed E-state index contributed by atoms with van der Waals surface area (Å²) in [7, 11) is 0. The lowest BCUT2D eigenvalue weighted by molar-refractivity contribution is 0.0732. The van der Waals surface area contributed by atoms with Gasteiger partial charge in [0.05, 0.1) is 11.6 Å². The van der Waals surface area contributed by atoms with E-state index >= 15 is 0 Å². The fraction of sp³-hybridized carbons (Fsp3) is 0.0357. The molecule has 0 aromatic heterocycles. The average molecular weight is 464 g/mol. The molecule has 0 saturated heterocycles. The van der Waals surface area contributed by atoms with Crippen LogP contribution in [0.2, 0.25) is 0 Å². The average Bonchev–Trinajstić information content (AvgIpc) is 3.18. The van der Waals surface area contributed by atoms with Crippen LogP contribution in [-0.2, 0) is 0 Å². The van der Waals surface area contributed by atoms with Crippen molar-refractivity contribution in [2.24, 2.45) is 0 Å². The van der Waals surface area contributed by atoms with Gasteiger partial charge in [-0.2, -0.15) is 0 Å². The number of imide groups is 1. The van der Waals surface area contributed by atoms with Crippen molar-refractivity contribution in [1.82, 2.24) is 10.6 Å². The highest BCUT2D eigenvalue weighted by Crippen LogP contribution is 2.43. The Hall–Kier alpha value is -4.91. The van der Waals surface area contributed by atoms with E-state index in [1.165, 1.54) is 18.2 Å². The van der Waals surface area contributed by atoms with Gasteiger partial charge in [0.1, 0.15) is 17.1 Å². The summed E-state index contributed by atoms with van der Waals surface area (Å²) in [6.45, 7) is 0. The van der Waals surface area contributed by atoms with Gasteiger partial charge < -0.3 is 15.2 Å². The molecule has 172 valence electrons. The molecule has 0 radical (unpaired) electrons. The van der Waals surface area contributed by atoms with E-state index in [-0.39, 0.29) is 16.9 Å². The summed E-state index contributed by atoms with van der Waals surface area (Å²) in [5.74, 6) is -2.20. The number of benzene rings is 4. The Morgan fingerprint density at radius 1 is 0.714 bits per heavy atom. The van der Waals surface area contributed by atoms with Gasteiger partial charge in [0.25, 0.3) is 5.91 Å². The highest BCUT2D eigenvalue weighted by molar-refractivity contribution is 6.08. The third-order valence-corrected chi connectivity index (χ3v) is 5.78. The fourth-order valence-electron chi connectivity index (χ4n) is 4.21. The van der Waals surface area contributed by atoms with Crippen LogP contribution in [-0.4, -0.2) is 23.0 Å². The van der Waals surface area contributed by atoms with Crippen LogP contribution in [0, 0.1) is 0 Å². The summed E-state index contributed by atoms with van der Waals surface area (Å²) in [4.78, 5) is 38.3. The molecule has 3 amide bonds. The van der Waals surface area contributed by atoms with Gasteiger partial charge >= 0.3 is 12.0 Å². The van der Waals surface area contributed by atoms with E-state index in [0.717, 1.165) is 22.3 Å². The maximum atomic E-state index is 13.0. The third-order valence-electron chi connectivity index (χ3n) is 5.78. The van der Waals surface area contributed by atoms with Crippen LogP contribution in [0.3, 0.4) is 0 Å². The molecule has 0 spiro atoms. The van der Waals surface area contributed by atoms with Gasteiger partial charge in [0.2, 0.25) is 0 Å². The zero-order valence-electron chi connectivity index (χ0n) is 18.4. The largest absolute Gasteiger partial charge is 0.507 e. The molecule has 3 N–H and O–H groups in total. The smallest absolute Gasteiger partial charge is 0.343 e. The SMILES string of the molecule is O=C(NC(=O)c1c(O)cccc1OC(=O)c1ccccc1)NC1c2ccccc2-c2ccccc21. The first-order valence-corrected chi connectivity index (χ1v) is 10.9. The van der Waals surface area contributed by atoms with Crippen molar-refractivity contribution < 1.29 is 24.2 Å². The summed E-state index contributed by atoms with van der Waals surface area (Å²) in [6, 6.07) is 26.6. The van der Waals surface area contributed by atoms with Crippen LogP contribution in [0.1, 0.15) is 37.9 Å². The van der Waals surface area contributed by atoms with Gasteiger partial charge in [-0.1, -0.05) is 72.8 Å².